The van der Waals surface area contributed by atoms with Gasteiger partial charge in [0.25, 0.3) is 0 Å². The maximum Gasteiger partial charge on any atom is 0.178 e. The van der Waals surface area contributed by atoms with Crippen molar-refractivity contribution in [1.29, 1.82) is 0 Å². The average molecular weight is 170 g/mol. The third-order valence-corrected chi connectivity index (χ3v) is 1.49. The van der Waals surface area contributed by atoms with Crippen LogP contribution in [-0.4, -0.2) is 10.8 Å². The molecule has 0 N–H and O–H groups in total. The molecule has 0 unspecified atom stereocenters. The van der Waals surface area contributed by atoms with Crippen LogP contribution in [0.2, 0.25) is 5.15 Å². The topological polar surface area (TPSA) is 30.0 Å². The van der Waals surface area contributed by atoms with Crippen molar-refractivity contribution in [2.45, 2.75) is 13.8 Å². The molecular weight excluding hydrogens is 162 g/mol. The Morgan fingerprint density at radius 2 is 2.18 bits per heavy atom. The van der Waals surface area contributed by atoms with Crippen LogP contribution in [0, 0.1) is 6.92 Å². The van der Waals surface area contributed by atoms with Gasteiger partial charge in [0.2, 0.25) is 0 Å². The van der Waals surface area contributed by atoms with Gasteiger partial charge in [0.1, 0.15) is 10.8 Å². The van der Waals surface area contributed by atoms with Crippen molar-refractivity contribution < 1.29 is 4.79 Å². The molecule has 0 aliphatic rings. The monoisotopic (exact) mass is 169 g/mol. The molecule has 3 heteroatoms. The lowest BCUT2D eigenvalue weighted by atomic mass is 10.2. The molecular formula is C8H8ClNO. The molecule has 0 aliphatic heterocycles. The fourth-order valence-electron chi connectivity index (χ4n) is 0.805. The molecule has 1 rings (SSSR count). The van der Waals surface area contributed by atoms with E-state index in [1.54, 1.807) is 12.1 Å². The van der Waals surface area contributed by atoms with Crippen LogP contribution in [0.4, 0.5) is 0 Å². The van der Waals surface area contributed by atoms with Gasteiger partial charge in [-0.25, -0.2) is 4.98 Å². The first-order valence-corrected chi connectivity index (χ1v) is 3.62. The lowest BCUT2D eigenvalue weighted by Gasteiger charge is -1.97. The minimum absolute atomic E-state index is 0.0596. The largest absolute Gasteiger partial charge is 0.293 e. The third-order valence-electron chi connectivity index (χ3n) is 1.30. The highest BCUT2D eigenvalue weighted by molar-refractivity contribution is 6.29. The van der Waals surface area contributed by atoms with Gasteiger partial charge < -0.3 is 0 Å². The van der Waals surface area contributed by atoms with E-state index in [1.807, 2.05) is 6.92 Å². The summed E-state index contributed by atoms with van der Waals surface area (Å²) in [6.07, 6.45) is 0. The maximum absolute atomic E-state index is 10.8. The Kier molecular flexibility index (Phi) is 2.25. The predicted octanol–water partition coefficient (Wildman–Crippen LogP) is 2.25. The van der Waals surface area contributed by atoms with Gasteiger partial charge in [0.05, 0.1) is 0 Å². The molecule has 0 saturated heterocycles. The quantitative estimate of drug-likeness (QED) is 0.477. The average Bonchev–Trinajstić information content (AvgIpc) is 1.85. The molecule has 1 aromatic heterocycles. The summed E-state index contributed by atoms with van der Waals surface area (Å²) >= 11 is 5.63. The number of aryl methyl sites for hydroxylation is 1. The zero-order valence-electron chi connectivity index (χ0n) is 6.39. The van der Waals surface area contributed by atoms with Crippen LogP contribution in [-0.2, 0) is 0 Å². The summed E-state index contributed by atoms with van der Waals surface area (Å²) in [6, 6.07) is 3.43. The molecule has 0 atom stereocenters. The number of pyridine rings is 1. The van der Waals surface area contributed by atoms with E-state index in [4.69, 9.17) is 11.6 Å². The number of hydrogen-bond acceptors (Lipinski definition) is 2. The summed E-state index contributed by atoms with van der Waals surface area (Å²) in [7, 11) is 0. The number of ketones is 1. The summed E-state index contributed by atoms with van der Waals surface area (Å²) in [5.41, 5.74) is 1.38. The lowest BCUT2D eigenvalue weighted by Crippen LogP contribution is -1.96. The first kappa shape index (κ1) is 8.21. The van der Waals surface area contributed by atoms with Gasteiger partial charge >= 0.3 is 0 Å². The zero-order chi connectivity index (χ0) is 8.43. The second-order valence-electron chi connectivity index (χ2n) is 2.41. The van der Waals surface area contributed by atoms with E-state index in [-0.39, 0.29) is 5.78 Å². The molecule has 1 heterocycles. The minimum atomic E-state index is -0.0596. The van der Waals surface area contributed by atoms with Crippen molar-refractivity contribution in [2.75, 3.05) is 0 Å². The molecule has 0 radical (unpaired) electrons. The molecule has 0 bridgehead atoms. The van der Waals surface area contributed by atoms with Gasteiger partial charge in [-0.1, -0.05) is 11.6 Å². The first-order chi connectivity index (χ1) is 5.09. The summed E-state index contributed by atoms with van der Waals surface area (Å²) < 4.78 is 0. The maximum atomic E-state index is 10.8. The van der Waals surface area contributed by atoms with E-state index in [0.717, 1.165) is 5.56 Å². The second kappa shape index (κ2) is 3.01. The second-order valence-corrected chi connectivity index (χ2v) is 2.80. The summed E-state index contributed by atoms with van der Waals surface area (Å²) in [4.78, 5) is 14.7. The van der Waals surface area contributed by atoms with Crippen LogP contribution in [0.5, 0.6) is 0 Å². The van der Waals surface area contributed by atoms with Crippen LogP contribution < -0.4 is 0 Å². The van der Waals surface area contributed by atoms with Crippen LogP contribution in [0.1, 0.15) is 23.0 Å². The Balaban J connectivity index is 3.19. The Morgan fingerprint density at radius 1 is 1.55 bits per heavy atom. The molecule has 11 heavy (non-hydrogen) atoms. The fourth-order valence-corrected chi connectivity index (χ4v) is 1.07. The molecule has 1 aromatic rings. The van der Waals surface area contributed by atoms with Crippen molar-refractivity contribution in [2.24, 2.45) is 0 Å². The molecule has 58 valence electrons. The van der Waals surface area contributed by atoms with E-state index in [0.29, 0.717) is 10.8 Å². The number of carbonyl (C=O) groups excluding carboxylic acids is 1. The highest BCUT2D eigenvalue weighted by Gasteiger charge is 2.02. The summed E-state index contributed by atoms with van der Waals surface area (Å²) in [5, 5.41) is 0.371. The Hall–Kier alpha value is -0.890. The molecule has 0 aromatic carbocycles. The highest BCUT2D eigenvalue weighted by atomic mass is 35.5. The molecule has 2 nitrogen and oxygen atoms in total. The Morgan fingerprint density at radius 3 is 2.64 bits per heavy atom. The minimum Gasteiger partial charge on any atom is -0.293 e. The van der Waals surface area contributed by atoms with Gasteiger partial charge in [-0.05, 0) is 24.6 Å². The number of carbonyl (C=O) groups is 1. The normalized spacial score (nSPS) is 9.73. The smallest absolute Gasteiger partial charge is 0.178 e. The number of nitrogens with zero attached hydrogens (tertiary/aromatic N) is 1. The van der Waals surface area contributed by atoms with Gasteiger partial charge in [-0.3, -0.25) is 4.79 Å². The van der Waals surface area contributed by atoms with Crippen LogP contribution in [0.3, 0.4) is 0 Å². The molecule has 0 amide bonds. The first-order valence-electron chi connectivity index (χ1n) is 3.25. The highest BCUT2D eigenvalue weighted by Crippen LogP contribution is 2.09. The number of aromatic nitrogens is 1. The fraction of sp³-hybridized carbons (Fsp3) is 0.250. The van der Waals surface area contributed by atoms with Crippen LogP contribution >= 0.6 is 11.6 Å². The van der Waals surface area contributed by atoms with Crippen molar-refractivity contribution in [3.63, 3.8) is 0 Å². The van der Waals surface area contributed by atoms with Gasteiger partial charge in [0, 0.05) is 6.92 Å². The molecule has 0 spiro atoms. The number of halogens is 1. The molecule has 0 fully saturated rings. The van der Waals surface area contributed by atoms with Crippen molar-refractivity contribution in [1.82, 2.24) is 4.98 Å². The molecule has 0 saturated carbocycles. The van der Waals surface area contributed by atoms with E-state index in [2.05, 4.69) is 4.98 Å². The van der Waals surface area contributed by atoms with Crippen molar-refractivity contribution in [3.05, 3.63) is 28.5 Å². The summed E-state index contributed by atoms with van der Waals surface area (Å²) in [5.74, 6) is -0.0596. The van der Waals surface area contributed by atoms with E-state index in [9.17, 15) is 4.79 Å². The number of hydrogen-bond donors (Lipinski definition) is 0. The van der Waals surface area contributed by atoms with E-state index >= 15 is 0 Å². The van der Waals surface area contributed by atoms with Gasteiger partial charge in [-0.2, -0.15) is 0 Å². The Labute approximate surface area is 70.2 Å². The third kappa shape index (κ3) is 2.02. The summed E-state index contributed by atoms with van der Waals surface area (Å²) in [6.45, 7) is 3.35. The number of Topliss-reactive ketones (excluding diaryl/α,β-unsaturated/α-hetero) is 1. The van der Waals surface area contributed by atoms with Crippen LogP contribution in [0.25, 0.3) is 0 Å². The lowest BCUT2D eigenvalue weighted by molar-refractivity contribution is 0.101. The Bertz CT molecular complexity index is 276. The van der Waals surface area contributed by atoms with Crippen LogP contribution in [0.15, 0.2) is 12.1 Å². The zero-order valence-corrected chi connectivity index (χ0v) is 7.14. The van der Waals surface area contributed by atoms with Gasteiger partial charge in [0.15, 0.2) is 5.78 Å². The van der Waals surface area contributed by atoms with Crippen molar-refractivity contribution >= 4 is 17.4 Å². The van der Waals surface area contributed by atoms with E-state index < -0.39 is 0 Å². The van der Waals surface area contributed by atoms with E-state index in [1.165, 1.54) is 6.92 Å². The van der Waals surface area contributed by atoms with Gasteiger partial charge in [-0.15, -0.1) is 0 Å². The standard InChI is InChI=1S/C8H8ClNO/c1-5-3-7(6(2)11)10-8(9)4-5/h3-4H,1-2H3. The van der Waals surface area contributed by atoms with Crippen molar-refractivity contribution in [3.8, 4) is 0 Å². The molecule has 0 aliphatic carbocycles. The predicted molar refractivity (Wildman–Crippen MR) is 44.0 cm³/mol. The SMILES string of the molecule is CC(=O)c1cc(C)cc(Cl)n1. The number of rotatable bonds is 1.